The van der Waals surface area contributed by atoms with Crippen molar-refractivity contribution >= 4 is 10.8 Å². The van der Waals surface area contributed by atoms with Crippen LogP contribution in [0.15, 0.2) is 54.6 Å². The fourth-order valence-corrected chi connectivity index (χ4v) is 4.23. The van der Waals surface area contributed by atoms with Gasteiger partial charge in [0.1, 0.15) is 0 Å². The average Bonchev–Trinajstić information content (AvgIpc) is 3.04. The predicted molar refractivity (Wildman–Crippen MR) is 112 cm³/mol. The Hall–Kier alpha value is -1.08. The van der Waals surface area contributed by atoms with E-state index in [1.807, 2.05) is 0 Å². The van der Waals surface area contributed by atoms with Crippen LogP contribution >= 0.6 is 0 Å². The molecule has 1 atom stereocenters. The van der Waals surface area contributed by atoms with Crippen LogP contribution in [0.4, 0.5) is 0 Å². The van der Waals surface area contributed by atoms with Crippen LogP contribution in [0.2, 0.25) is 0 Å². The second kappa shape index (κ2) is 8.74. The van der Waals surface area contributed by atoms with E-state index in [2.05, 4.69) is 75.4 Å². The van der Waals surface area contributed by atoms with Gasteiger partial charge in [0.25, 0.3) is 0 Å². The molecule has 26 heavy (non-hydrogen) atoms. The molecule has 1 aliphatic rings. The van der Waals surface area contributed by atoms with Crippen molar-refractivity contribution in [3.05, 3.63) is 91.7 Å². The summed E-state index contributed by atoms with van der Waals surface area (Å²) < 4.78 is 0. The maximum atomic E-state index is 2.48. The zero-order chi connectivity index (χ0) is 16.0. The van der Waals surface area contributed by atoms with Crippen molar-refractivity contribution in [3.63, 3.8) is 0 Å². The molecule has 0 N–H and O–H groups in total. The third-order valence-corrected chi connectivity index (χ3v) is 5.41. The van der Waals surface area contributed by atoms with E-state index in [0.717, 1.165) is 6.42 Å². The third kappa shape index (κ3) is 4.42. The van der Waals surface area contributed by atoms with Crippen molar-refractivity contribution in [2.75, 3.05) is 0 Å². The van der Waals surface area contributed by atoms with Gasteiger partial charge in [0, 0.05) is 25.8 Å². The number of hydrogen-bond acceptors (Lipinski definition) is 0. The minimum atomic E-state index is 0. The molecule has 0 saturated carbocycles. The van der Waals surface area contributed by atoms with Crippen molar-refractivity contribution in [3.8, 4) is 0 Å². The molecular weight excluding hydrogens is 479 g/mol. The van der Waals surface area contributed by atoms with Gasteiger partial charge in [-0.1, -0.05) is 68.7 Å². The van der Waals surface area contributed by atoms with E-state index < -0.39 is 0 Å². The molecular formula is C25H31Hf-3. The largest absolute Gasteiger partial charge is 0.358 e. The number of benzene rings is 2. The molecule has 0 aromatic heterocycles. The van der Waals surface area contributed by atoms with Gasteiger partial charge in [-0.15, -0.1) is 34.5 Å². The summed E-state index contributed by atoms with van der Waals surface area (Å²) in [5, 5.41) is 2.90. The monoisotopic (exact) mass is 511 g/mol. The third-order valence-electron chi connectivity index (χ3n) is 5.41. The Morgan fingerprint density at radius 2 is 1.58 bits per heavy atom. The Kier molecular flexibility index (Phi) is 7.72. The number of hydrogen-bond donors (Lipinski definition) is 0. The Labute approximate surface area is 179 Å². The molecule has 0 aliphatic heterocycles. The van der Waals surface area contributed by atoms with Crippen molar-refractivity contribution < 1.29 is 25.8 Å². The quantitative estimate of drug-likeness (QED) is 0.265. The summed E-state index contributed by atoms with van der Waals surface area (Å²) in [7, 11) is 0. The van der Waals surface area contributed by atoms with Crippen LogP contribution in [-0.2, 0) is 45.1 Å². The Morgan fingerprint density at radius 3 is 2.23 bits per heavy atom. The van der Waals surface area contributed by atoms with Gasteiger partial charge in [0.15, 0.2) is 0 Å². The van der Waals surface area contributed by atoms with Crippen molar-refractivity contribution in [1.29, 1.82) is 0 Å². The van der Waals surface area contributed by atoms with Crippen molar-refractivity contribution in [2.45, 2.75) is 46.0 Å². The minimum Gasteiger partial charge on any atom is -0.358 e. The Bertz CT molecular complexity index is 839. The van der Waals surface area contributed by atoms with Crippen LogP contribution in [0.25, 0.3) is 10.8 Å². The van der Waals surface area contributed by atoms with E-state index in [0.29, 0.717) is 11.3 Å². The van der Waals surface area contributed by atoms with E-state index in [1.54, 1.807) is 11.1 Å². The molecule has 0 heterocycles. The summed E-state index contributed by atoms with van der Waals surface area (Å²) in [6, 6.07) is 20.4. The second-order valence-corrected chi connectivity index (χ2v) is 8.10. The van der Waals surface area contributed by atoms with E-state index >= 15 is 0 Å². The van der Waals surface area contributed by atoms with Crippen LogP contribution in [0, 0.1) is 20.3 Å². The first-order valence-corrected chi connectivity index (χ1v) is 8.77. The van der Waals surface area contributed by atoms with Gasteiger partial charge in [-0.05, 0) is 29.7 Å². The normalized spacial score (nSPS) is 15.3. The molecule has 3 aromatic carbocycles. The second-order valence-electron chi connectivity index (χ2n) is 8.10. The van der Waals surface area contributed by atoms with Gasteiger partial charge < -0.3 is 14.9 Å². The van der Waals surface area contributed by atoms with Crippen molar-refractivity contribution in [2.24, 2.45) is 5.41 Å². The molecule has 1 aliphatic carbocycles. The molecule has 138 valence electrons. The fourth-order valence-electron chi connectivity index (χ4n) is 4.23. The molecule has 1 heteroatoms. The summed E-state index contributed by atoms with van der Waals surface area (Å²) >= 11 is 0. The first-order chi connectivity index (χ1) is 11.0. The van der Waals surface area contributed by atoms with Crippen LogP contribution in [0.1, 0.15) is 48.9 Å². The Balaban J connectivity index is 0.00000113. The molecule has 0 saturated heterocycles. The van der Waals surface area contributed by atoms with Gasteiger partial charge in [0.2, 0.25) is 0 Å². The fraction of sp³-hybridized carbons (Fsp3) is 0.320. The molecule has 4 rings (SSSR count). The summed E-state index contributed by atoms with van der Waals surface area (Å²) in [4.78, 5) is 0. The van der Waals surface area contributed by atoms with Crippen LogP contribution in [-0.4, -0.2) is 0 Å². The molecule has 0 nitrogen and oxygen atoms in total. The van der Waals surface area contributed by atoms with Crippen LogP contribution < -0.4 is 0 Å². The molecule has 3 aromatic rings. The number of rotatable bonds is 3. The predicted octanol–water partition coefficient (Wildman–Crippen LogP) is 6.93. The first-order valence-electron chi connectivity index (χ1n) is 8.77. The first kappa shape index (κ1) is 23.0. The summed E-state index contributed by atoms with van der Waals surface area (Å²) in [5.74, 6) is 0.562. The summed E-state index contributed by atoms with van der Waals surface area (Å²) in [6.07, 6.45) is 3.56. The van der Waals surface area contributed by atoms with E-state index in [1.165, 1.54) is 34.7 Å². The topological polar surface area (TPSA) is 0 Å². The number of fused-ring (bicyclic) bond motifs is 2. The molecule has 0 amide bonds. The van der Waals surface area contributed by atoms with Crippen molar-refractivity contribution in [1.82, 2.24) is 0 Å². The maximum absolute atomic E-state index is 2.48. The van der Waals surface area contributed by atoms with Gasteiger partial charge in [0.05, 0.1) is 0 Å². The summed E-state index contributed by atoms with van der Waals surface area (Å²) in [5.41, 5.74) is 6.50. The minimum absolute atomic E-state index is 0. The van der Waals surface area contributed by atoms with Crippen LogP contribution in [0.3, 0.4) is 0 Å². The molecule has 0 fully saturated rings. The molecule has 0 spiro atoms. The van der Waals surface area contributed by atoms with Gasteiger partial charge in [-0.25, -0.2) is 0 Å². The SMILES string of the molecule is CC(C[c-]1ccc2cc3c(cc21)CC(C)(C)C3)c1ccccc1.[CH3-].[CH3-].[Hf]. The van der Waals surface area contributed by atoms with E-state index in [9.17, 15) is 0 Å². The smallest absolute Gasteiger partial charge is 0 e. The van der Waals surface area contributed by atoms with Gasteiger partial charge >= 0.3 is 0 Å². The molecule has 0 bridgehead atoms. The average molecular weight is 510 g/mol. The van der Waals surface area contributed by atoms with E-state index in [4.69, 9.17) is 0 Å². The molecule has 1 unspecified atom stereocenters. The van der Waals surface area contributed by atoms with E-state index in [-0.39, 0.29) is 40.7 Å². The Morgan fingerprint density at radius 1 is 0.962 bits per heavy atom. The zero-order valence-electron chi connectivity index (χ0n) is 16.9. The van der Waals surface area contributed by atoms with Crippen LogP contribution in [0.5, 0.6) is 0 Å². The van der Waals surface area contributed by atoms with Gasteiger partial charge in [-0.2, -0.15) is 6.07 Å². The summed E-state index contributed by atoms with van der Waals surface area (Å²) in [6.45, 7) is 7.11. The standard InChI is InChI=1S/C23H25.2CH3.Hf/c1-16(17-7-5-4-6-8-17)11-18-9-10-19-12-20-14-23(2,3)15-21(20)13-22(18)19;;;/h4-10,12-13,16H,11,14-15H2,1-3H3;2*1H3;/q3*-1;. The molecule has 0 radical (unpaired) electrons. The zero-order valence-corrected chi connectivity index (χ0v) is 20.5. The van der Waals surface area contributed by atoms with Gasteiger partial charge in [-0.3, -0.25) is 0 Å². The maximum Gasteiger partial charge on any atom is 0 e.